The van der Waals surface area contributed by atoms with E-state index in [1.54, 1.807) is 17.6 Å². The van der Waals surface area contributed by atoms with E-state index in [1.165, 1.54) is 0 Å². The lowest BCUT2D eigenvalue weighted by Crippen LogP contribution is -2.31. The zero-order chi connectivity index (χ0) is 18.4. The van der Waals surface area contributed by atoms with Gasteiger partial charge >= 0.3 is 5.97 Å². The van der Waals surface area contributed by atoms with Gasteiger partial charge in [0.05, 0.1) is 5.69 Å². The lowest BCUT2D eigenvalue weighted by Gasteiger charge is -2.23. The summed E-state index contributed by atoms with van der Waals surface area (Å²) in [6.07, 6.45) is 2.33. The number of benzene rings is 1. The first-order valence-corrected chi connectivity index (χ1v) is 9.39. The largest absolute Gasteiger partial charge is 0.458 e. The minimum Gasteiger partial charge on any atom is -0.458 e. The monoisotopic (exact) mass is 358 g/mol. The van der Waals surface area contributed by atoms with Gasteiger partial charge in [-0.1, -0.05) is 44.2 Å². The summed E-state index contributed by atoms with van der Waals surface area (Å²) in [5.74, 6) is 0.0703. The number of hydrogen-bond donors (Lipinski definition) is 0. The molecule has 0 aliphatic rings. The molecule has 134 valence electrons. The fourth-order valence-electron chi connectivity index (χ4n) is 2.26. The van der Waals surface area contributed by atoms with Crippen LogP contribution in [-0.4, -0.2) is 28.8 Å². The second-order valence-corrected chi connectivity index (χ2v) is 8.26. The van der Waals surface area contributed by atoms with Gasteiger partial charge in [-0.3, -0.25) is 4.99 Å². The summed E-state index contributed by atoms with van der Waals surface area (Å²) in [6, 6.07) is 9.53. The van der Waals surface area contributed by atoms with Crippen LogP contribution in [0.2, 0.25) is 0 Å². The minimum atomic E-state index is -0.511. The van der Waals surface area contributed by atoms with Crippen molar-refractivity contribution in [3.63, 3.8) is 0 Å². The van der Waals surface area contributed by atoms with Crippen molar-refractivity contribution in [2.45, 2.75) is 52.7 Å². The molecule has 1 unspecified atom stereocenters. The summed E-state index contributed by atoms with van der Waals surface area (Å²) in [5, 5.41) is 2.90. The van der Waals surface area contributed by atoms with Gasteiger partial charge in [-0.05, 0) is 33.1 Å². The maximum atomic E-state index is 12.4. The lowest BCUT2D eigenvalue weighted by atomic mass is 10.0. The van der Waals surface area contributed by atoms with Crippen molar-refractivity contribution >= 4 is 23.5 Å². The predicted molar refractivity (Wildman–Crippen MR) is 104 cm³/mol. The van der Waals surface area contributed by atoms with Crippen LogP contribution in [0.5, 0.6) is 0 Å². The molecule has 5 heteroatoms. The number of carbonyl (C=O) groups excluding carboxylic acids is 1. The number of carbonyl (C=O) groups is 1. The highest BCUT2D eigenvalue weighted by Gasteiger charge is 2.25. The molecule has 1 aromatic carbocycles. The topological polar surface area (TPSA) is 51.5 Å². The van der Waals surface area contributed by atoms with Crippen LogP contribution in [0.1, 0.15) is 46.7 Å². The first kappa shape index (κ1) is 19.3. The number of aliphatic imine (C=N–C) groups is 1. The van der Waals surface area contributed by atoms with E-state index in [1.807, 2.05) is 56.5 Å². The number of thiazole rings is 1. The Labute approximate surface area is 154 Å². The van der Waals surface area contributed by atoms with Crippen LogP contribution < -0.4 is 0 Å². The Morgan fingerprint density at radius 2 is 1.96 bits per heavy atom. The fourth-order valence-corrected chi connectivity index (χ4v) is 3.04. The molecular formula is C20H26N2O2S. The molecule has 0 aliphatic carbocycles. The van der Waals surface area contributed by atoms with E-state index in [0.29, 0.717) is 12.3 Å². The molecule has 0 saturated heterocycles. The van der Waals surface area contributed by atoms with E-state index in [2.05, 4.69) is 23.8 Å². The molecule has 2 rings (SSSR count). The highest BCUT2D eigenvalue weighted by atomic mass is 32.1. The Kier molecular flexibility index (Phi) is 6.48. The van der Waals surface area contributed by atoms with Crippen LogP contribution in [0.15, 0.2) is 40.7 Å². The van der Waals surface area contributed by atoms with Crippen LogP contribution in [0, 0.1) is 5.92 Å². The summed E-state index contributed by atoms with van der Waals surface area (Å²) in [5.41, 5.74) is 1.34. The molecule has 1 aromatic heterocycles. The Hall–Kier alpha value is -2.01. The van der Waals surface area contributed by atoms with Crippen molar-refractivity contribution in [2.24, 2.45) is 10.9 Å². The van der Waals surface area contributed by atoms with E-state index in [9.17, 15) is 4.79 Å². The van der Waals surface area contributed by atoms with Gasteiger partial charge in [0.1, 0.15) is 16.7 Å². The number of nitrogens with zero attached hydrogens (tertiary/aromatic N) is 2. The van der Waals surface area contributed by atoms with E-state index < -0.39 is 11.6 Å². The van der Waals surface area contributed by atoms with Crippen molar-refractivity contribution in [3.05, 3.63) is 41.4 Å². The number of aromatic nitrogens is 1. The molecule has 0 spiro atoms. The van der Waals surface area contributed by atoms with E-state index in [0.717, 1.165) is 16.3 Å². The Morgan fingerprint density at radius 1 is 1.28 bits per heavy atom. The number of esters is 1. The molecule has 0 bridgehead atoms. The van der Waals surface area contributed by atoms with Gasteiger partial charge in [-0.2, -0.15) is 0 Å². The average Bonchev–Trinajstić information content (AvgIpc) is 2.99. The van der Waals surface area contributed by atoms with Crippen LogP contribution in [0.25, 0.3) is 10.6 Å². The zero-order valence-electron chi connectivity index (χ0n) is 15.5. The van der Waals surface area contributed by atoms with Gasteiger partial charge in [0.15, 0.2) is 0 Å². The highest BCUT2D eigenvalue weighted by Crippen LogP contribution is 2.23. The first-order valence-electron chi connectivity index (χ1n) is 8.51. The molecule has 4 nitrogen and oxygen atoms in total. The van der Waals surface area contributed by atoms with E-state index >= 15 is 0 Å². The van der Waals surface area contributed by atoms with Gasteiger partial charge in [0, 0.05) is 17.2 Å². The summed E-state index contributed by atoms with van der Waals surface area (Å²) >= 11 is 1.57. The molecule has 0 amide bonds. The molecule has 25 heavy (non-hydrogen) atoms. The van der Waals surface area contributed by atoms with E-state index in [-0.39, 0.29) is 5.97 Å². The van der Waals surface area contributed by atoms with Crippen molar-refractivity contribution < 1.29 is 9.53 Å². The summed E-state index contributed by atoms with van der Waals surface area (Å²) in [7, 11) is 0. The van der Waals surface area contributed by atoms with Gasteiger partial charge in [0.2, 0.25) is 0 Å². The zero-order valence-corrected chi connectivity index (χ0v) is 16.3. The standard InChI is InChI=1S/C20H26N2O2S/c1-14(2)11-17(19(23)24-20(3,4)5)21-12-16-13-25-18(22-16)15-9-7-6-8-10-15/h6-10,12-14,17H,11H2,1-5H3. The summed E-state index contributed by atoms with van der Waals surface area (Å²) in [6.45, 7) is 9.75. The predicted octanol–water partition coefficient (Wildman–Crippen LogP) is 4.99. The molecule has 1 heterocycles. The van der Waals surface area contributed by atoms with Gasteiger partial charge < -0.3 is 4.74 Å². The van der Waals surface area contributed by atoms with Gasteiger partial charge in [0.25, 0.3) is 0 Å². The minimum absolute atomic E-state index is 0.282. The molecule has 0 radical (unpaired) electrons. The van der Waals surface area contributed by atoms with Crippen molar-refractivity contribution in [2.75, 3.05) is 0 Å². The van der Waals surface area contributed by atoms with Crippen LogP contribution in [0.4, 0.5) is 0 Å². The molecule has 0 saturated carbocycles. The fraction of sp³-hybridized carbons (Fsp3) is 0.450. The third kappa shape index (κ3) is 6.42. The normalized spacial score (nSPS) is 13.4. The first-order chi connectivity index (χ1) is 11.7. The molecule has 0 fully saturated rings. The molecular weight excluding hydrogens is 332 g/mol. The summed E-state index contributed by atoms with van der Waals surface area (Å²) in [4.78, 5) is 21.4. The second-order valence-electron chi connectivity index (χ2n) is 7.40. The quantitative estimate of drug-likeness (QED) is 0.540. The molecule has 1 atom stereocenters. The van der Waals surface area contributed by atoms with Gasteiger partial charge in [-0.25, -0.2) is 9.78 Å². The van der Waals surface area contributed by atoms with Crippen molar-refractivity contribution in [3.8, 4) is 10.6 Å². The number of rotatable bonds is 6. The smallest absolute Gasteiger partial charge is 0.331 e. The maximum absolute atomic E-state index is 12.4. The maximum Gasteiger partial charge on any atom is 0.331 e. The Morgan fingerprint density at radius 3 is 2.56 bits per heavy atom. The Bertz CT molecular complexity index is 715. The summed E-state index contributed by atoms with van der Waals surface area (Å²) < 4.78 is 5.49. The molecule has 2 aromatic rings. The third-order valence-corrected chi connectivity index (χ3v) is 4.21. The average molecular weight is 359 g/mol. The molecule has 0 aliphatic heterocycles. The number of hydrogen-bond acceptors (Lipinski definition) is 5. The third-order valence-electron chi connectivity index (χ3n) is 3.30. The Balaban J connectivity index is 2.12. The lowest BCUT2D eigenvalue weighted by molar-refractivity contribution is -0.156. The van der Waals surface area contributed by atoms with Crippen molar-refractivity contribution in [1.82, 2.24) is 4.98 Å². The van der Waals surface area contributed by atoms with E-state index in [4.69, 9.17) is 4.74 Å². The van der Waals surface area contributed by atoms with Crippen molar-refractivity contribution in [1.29, 1.82) is 0 Å². The molecule has 0 N–H and O–H groups in total. The van der Waals surface area contributed by atoms with Crippen LogP contribution >= 0.6 is 11.3 Å². The van der Waals surface area contributed by atoms with Crippen LogP contribution in [-0.2, 0) is 9.53 Å². The van der Waals surface area contributed by atoms with Gasteiger partial charge in [-0.15, -0.1) is 11.3 Å². The SMILES string of the molecule is CC(C)CC(N=Cc1csc(-c2ccccc2)n1)C(=O)OC(C)(C)C. The van der Waals surface area contributed by atoms with Crippen LogP contribution in [0.3, 0.4) is 0 Å². The highest BCUT2D eigenvalue weighted by molar-refractivity contribution is 7.13. The second kappa shape index (κ2) is 8.39. The number of ether oxygens (including phenoxy) is 1.